The molecule has 1 heterocycles. The molecule has 226 valence electrons. The lowest BCUT2D eigenvalue weighted by Gasteiger charge is -2.24. The molecule has 1 saturated heterocycles. The number of halogens is 10. The molecule has 17 heteroatoms. The molecule has 0 aliphatic carbocycles. The quantitative estimate of drug-likeness (QED) is 0.231. The van der Waals surface area contributed by atoms with Gasteiger partial charge in [0.2, 0.25) is 23.4 Å². The number of carbonyl (C=O) groups excluding carboxylic acids is 2. The highest BCUT2D eigenvalue weighted by atomic mass is 19.2. The summed E-state index contributed by atoms with van der Waals surface area (Å²) in [6.07, 6.45) is -6.22. The monoisotopic (exact) mass is 606 g/mol. The number of ether oxygens (including phenoxy) is 3. The van der Waals surface area contributed by atoms with Crippen molar-refractivity contribution < 1.29 is 67.7 Å². The number of hydrogen-bond acceptors (Lipinski definition) is 5. The number of carbonyl (C=O) groups is 2. The Balaban J connectivity index is 1.89. The zero-order valence-corrected chi connectivity index (χ0v) is 20.7. The number of methoxy groups -OCH3 is 1. The zero-order chi connectivity index (χ0) is 30.9. The van der Waals surface area contributed by atoms with E-state index >= 15 is 0 Å². The van der Waals surface area contributed by atoms with Crippen LogP contribution in [0.2, 0.25) is 0 Å². The van der Waals surface area contributed by atoms with Crippen LogP contribution in [0.15, 0.2) is 0 Å². The topological polar surface area (TPSA) is 114 Å². The first-order valence-corrected chi connectivity index (χ1v) is 11.5. The van der Waals surface area contributed by atoms with Crippen molar-refractivity contribution >= 4 is 11.8 Å². The van der Waals surface area contributed by atoms with E-state index in [9.17, 15) is 53.5 Å². The van der Waals surface area contributed by atoms with Crippen LogP contribution in [-0.4, -0.2) is 37.6 Å². The van der Waals surface area contributed by atoms with Gasteiger partial charge in [0.25, 0.3) is 6.48 Å². The maximum atomic E-state index is 14.2. The van der Waals surface area contributed by atoms with E-state index in [0.717, 1.165) is 7.11 Å². The molecule has 4 N–H and O–H groups in total. The molecule has 0 radical (unpaired) electrons. The van der Waals surface area contributed by atoms with E-state index in [1.54, 1.807) is 0 Å². The number of primary amides is 2. The Morgan fingerprint density at radius 3 is 1.12 bits per heavy atom. The summed E-state index contributed by atoms with van der Waals surface area (Å²) < 4.78 is 154. The lowest BCUT2D eigenvalue weighted by molar-refractivity contribution is -0.229. The predicted octanol–water partition coefficient (Wildman–Crippen LogP) is 3.56. The fraction of sp³-hybridized carbons (Fsp3) is 0.417. The van der Waals surface area contributed by atoms with Gasteiger partial charge in [-0.05, 0) is 25.7 Å². The van der Waals surface area contributed by atoms with Gasteiger partial charge in [-0.15, -0.1) is 0 Å². The average Bonchev–Trinajstić information content (AvgIpc) is 3.32. The van der Waals surface area contributed by atoms with E-state index in [2.05, 4.69) is 0 Å². The van der Waals surface area contributed by atoms with E-state index in [-0.39, 0.29) is 0 Å². The Labute approximate surface area is 224 Å². The summed E-state index contributed by atoms with van der Waals surface area (Å²) in [5.41, 5.74) is 7.84. The standard InChI is InChI=1S/C24H20F10N2O5/c1-39-24-40-10(4-6(22(35)37)2-8-12(25)16(29)20(33)17(30)13(8)26)11(41-24)5-7(23(36)38)3-9-14(27)18(31)21(34)19(32)15(9)28/h6-7,10-11,24H,2-5H2,1H3,(H2,35,37)(H2,36,38). The maximum Gasteiger partial charge on any atom is 0.272 e. The molecule has 2 aromatic rings. The minimum Gasteiger partial charge on any atom is -0.369 e. The predicted molar refractivity (Wildman–Crippen MR) is 115 cm³/mol. The molecule has 4 unspecified atom stereocenters. The van der Waals surface area contributed by atoms with Gasteiger partial charge in [0.15, 0.2) is 46.5 Å². The minimum absolute atomic E-state index is 0.632. The third-order valence-corrected chi connectivity index (χ3v) is 6.52. The fourth-order valence-electron chi connectivity index (χ4n) is 4.33. The van der Waals surface area contributed by atoms with Crippen LogP contribution in [0.4, 0.5) is 43.9 Å². The molecule has 2 amide bonds. The molecule has 3 rings (SSSR count). The summed E-state index contributed by atoms with van der Waals surface area (Å²) in [5.74, 6) is -28.6. The van der Waals surface area contributed by atoms with Gasteiger partial charge in [-0.3, -0.25) is 9.59 Å². The van der Waals surface area contributed by atoms with Crippen LogP contribution in [0.1, 0.15) is 24.0 Å². The molecule has 0 aromatic heterocycles. The highest BCUT2D eigenvalue weighted by Crippen LogP contribution is 2.34. The second-order valence-corrected chi connectivity index (χ2v) is 9.05. The van der Waals surface area contributed by atoms with Gasteiger partial charge in [0, 0.05) is 30.1 Å². The van der Waals surface area contributed by atoms with Crippen LogP contribution in [0, 0.1) is 70.0 Å². The summed E-state index contributed by atoms with van der Waals surface area (Å²) in [5, 5.41) is 0. The van der Waals surface area contributed by atoms with E-state index in [1.807, 2.05) is 0 Å². The van der Waals surface area contributed by atoms with Crippen LogP contribution in [-0.2, 0) is 36.6 Å². The van der Waals surface area contributed by atoms with Gasteiger partial charge in [-0.1, -0.05) is 0 Å². The number of hydrogen-bond donors (Lipinski definition) is 2. The van der Waals surface area contributed by atoms with Crippen LogP contribution >= 0.6 is 0 Å². The van der Waals surface area contributed by atoms with Crippen molar-refractivity contribution in [3.8, 4) is 0 Å². The van der Waals surface area contributed by atoms with E-state index in [1.165, 1.54) is 0 Å². The first kappa shape index (κ1) is 32.1. The van der Waals surface area contributed by atoms with Gasteiger partial charge < -0.3 is 25.7 Å². The molecule has 2 aromatic carbocycles. The normalized spacial score (nSPS) is 20.3. The molecule has 41 heavy (non-hydrogen) atoms. The second kappa shape index (κ2) is 12.6. The van der Waals surface area contributed by atoms with E-state index in [0.29, 0.717) is 0 Å². The molecule has 7 nitrogen and oxygen atoms in total. The molecule has 1 aliphatic rings. The third-order valence-electron chi connectivity index (χ3n) is 6.52. The van der Waals surface area contributed by atoms with Crippen molar-refractivity contribution in [2.75, 3.05) is 7.11 Å². The molecule has 0 saturated carbocycles. The highest BCUT2D eigenvalue weighted by molar-refractivity contribution is 5.77. The smallest absolute Gasteiger partial charge is 0.272 e. The molecule has 1 fully saturated rings. The van der Waals surface area contributed by atoms with Crippen molar-refractivity contribution in [2.24, 2.45) is 23.3 Å². The molecular formula is C24H20F10N2O5. The van der Waals surface area contributed by atoms with Gasteiger partial charge in [-0.2, -0.15) is 0 Å². The van der Waals surface area contributed by atoms with E-state index in [4.69, 9.17) is 25.7 Å². The fourth-order valence-corrected chi connectivity index (χ4v) is 4.33. The minimum atomic E-state index is -2.43. The first-order chi connectivity index (χ1) is 19.1. The summed E-state index contributed by atoms with van der Waals surface area (Å²) in [7, 11) is 1.07. The molecule has 0 spiro atoms. The summed E-state index contributed by atoms with van der Waals surface area (Å²) >= 11 is 0. The zero-order valence-electron chi connectivity index (χ0n) is 20.7. The number of amides is 2. The van der Waals surface area contributed by atoms with Crippen molar-refractivity contribution in [3.63, 3.8) is 0 Å². The molecule has 0 bridgehead atoms. The average molecular weight is 606 g/mol. The van der Waals surface area contributed by atoms with Crippen molar-refractivity contribution in [1.29, 1.82) is 0 Å². The Morgan fingerprint density at radius 1 is 0.610 bits per heavy atom. The molecule has 4 atom stereocenters. The lowest BCUT2D eigenvalue weighted by atomic mass is 9.86. The number of benzene rings is 2. The van der Waals surface area contributed by atoms with E-state index < -0.39 is 137 Å². The third kappa shape index (κ3) is 6.41. The SMILES string of the molecule is COC1OC(CC(Cc2c(F)c(F)c(F)c(F)c2F)C(N)=O)C(CC(Cc2c(F)c(F)c(F)c(F)c2F)C(N)=O)O1. The van der Waals surface area contributed by atoms with Gasteiger partial charge in [0.1, 0.15) is 0 Å². The lowest BCUT2D eigenvalue weighted by Crippen LogP contribution is -2.36. The van der Waals surface area contributed by atoms with Crippen molar-refractivity contribution in [1.82, 2.24) is 0 Å². The number of nitrogens with two attached hydrogens (primary N) is 2. The van der Waals surface area contributed by atoms with Crippen molar-refractivity contribution in [3.05, 3.63) is 69.3 Å². The van der Waals surface area contributed by atoms with Crippen LogP contribution in [0.3, 0.4) is 0 Å². The summed E-state index contributed by atoms with van der Waals surface area (Å²) in [6.45, 7) is -1.52. The van der Waals surface area contributed by atoms with Gasteiger partial charge in [-0.25, -0.2) is 43.9 Å². The van der Waals surface area contributed by atoms with Crippen LogP contribution < -0.4 is 11.5 Å². The molecule has 1 aliphatic heterocycles. The number of rotatable bonds is 11. The van der Waals surface area contributed by atoms with Gasteiger partial charge >= 0.3 is 0 Å². The Morgan fingerprint density at radius 2 is 0.878 bits per heavy atom. The Bertz CT molecular complexity index is 1200. The maximum absolute atomic E-state index is 14.2. The van der Waals surface area contributed by atoms with Gasteiger partial charge in [0.05, 0.1) is 12.2 Å². The highest BCUT2D eigenvalue weighted by Gasteiger charge is 2.42. The second-order valence-electron chi connectivity index (χ2n) is 9.05. The Hall–Kier alpha value is -3.44. The molecular weight excluding hydrogens is 586 g/mol. The summed E-state index contributed by atoms with van der Waals surface area (Å²) in [6, 6.07) is 0. The van der Waals surface area contributed by atoms with Crippen molar-refractivity contribution in [2.45, 2.75) is 44.4 Å². The largest absolute Gasteiger partial charge is 0.369 e. The van der Waals surface area contributed by atoms with Crippen LogP contribution in [0.5, 0.6) is 0 Å². The first-order valence-electron chi connectivity index (χ1n) is 11.5. The summed E-state index contributed by atoms with van der Waals surface area (Å²) in [4.78, 5) is 24.2. The Kier molecular flexibility index (Phi) is 9.86. The van der Waals surface area contributed by atoms with Crippen LogP contribution in [0.25, 0.3) is 0 Å².